The average Bonchev–Trinajstić information content (AvgIpc) is 2.54. The van der Waals surface area contributed by atoms with Crippen molar-refractivity contribution in [1.82, 2.24) is 0 Å². The number of nitrogens with two attached hydrogens (primary N) is 4. The highest BCUT2D eigenvalue weighted by atomic mass is 16.7. The van der Waals surface area contributed by atoms with E-state index in [4.69, 9.17) is 37.1 Å². The maximum atomic E-state index is 10.0. The van der Waals surface area contributed by atoms with Gasteiger partial charge in [0.1, 0.15) is 12.2 Å². The maximum Gasteiger partial charge on any atom is 0.174 e. The van der Waals surface area contributed by atoms with E-state index in [1.807, 2.05) is 0 Å². The normalized spacial score (nSPS) is 51.7. The molecule has 2 rings (SSSR count). The van der Waals surface area contributed by atoms with Gasteiger partial charge in [-0.05, 0) is 0 Å². The van der Waals surface area contributed by atoms with Crippen molar-refractivity contribution < 1.29 is 34.6 Å². The number of hydrogen-bond donors (Lipinski definition) is 8. The molecular formula is C12H26N4O7. The minimum absolute atomic E-state index is 0.196. The number of aliphatic hydroxyl groups excluding tert-OH is 4. The molecule has 0 bridgehead atoms. The Labute approximate surface area is 133 Å². The fraction of sp³-hybridized carbons (Fsp3) is 1.00. The smallest absolute Gasteiger partial charge is 0.174 e. The van der Waals surface area contributed by atoms with Gasteiger partial charge in [-0.15, -0.1) is 0 Å². The highest BCUT2D eigenvalue weighted by Gasteiger charge is 2.44. The van der Waals surface area contributed by atoms with Gasteiger partial charge < -0.3 is 57.6 Å². The van der Waals surface area contributed by atoms with Crippen LogP contribution in [0.15, 0.2) is 0 Å². The van der Waals surface area contributed by atoms with Crippen molar-refractivity contribution in [2.45, 2.75) is 61.2 Å². The van der Waals surface area contributed by atoms with E-state index in [0.29, 0.717) is 0 Å². The van der Waals surface area contributed by atoms with Crippen molar-refractivity contribution >= 4 is 0 Å². The Bertz CT molecular complexity index is 390. The van der Waals surface area contributed by atoms with Crippen LogP contribution in [0.25, 0.3) is 0 Å². The molecule has 0 radical (unpaired) electrons. The second-order valence-electron chi connectivity index (χ2n) is 5.91. The first-order valence-corrected chi connectivity index (χ1v) is 7.37. The van der Waals surface area contributed by atoms with E-state index in [0.717, 1.165) is 0 Å². The quantitative estimate of drug-likeness (QED) is 0.242. The molecule has 0 aromatic carbocycles. The molecule has 1 unspecified atom stereocenters. The van der Waals surface area contributed by atoms with Crippen molar-refractivity contribution in [3.05, 3.63) is 0 Å². The fourth-order valence-corrected chi connectivity index (χ4v) is 2.65. The minimum Gasteiger partial charge on any atom is -0.394 e. The van der Waals surface area contributed by atoms with Crippen molar-refractivity contribution in [3.63, 3.8) is 0 Å². The van der Waals surface area contributed by atoms with Crippen LogP contribution in [-0.4, -0.2) is 94.8 Å². The molecule has 2 saturated heterocycles. The van der Waals surface area contributed by atoms with Crippen LogP contribution in [0.5, 0.6) is 0 Å². The number of aliphatic hydroxyl groups is 4. The van der Waals surface area contributed by atoms with Crippen molar-refractivity contribution in [2.75, 3.05) is 13.2 Å². The van der Waals surface area contributed by atoms with Gasteiger partial charge in [0.2, 0.25) is 0 Å². The van der Waals surface area contributed by atoms with E-state index >= 15 is 0 Å². The second kappa shape index (κ2) is 7.63. The van der Waals surface area contributed by atoms with Crippen LogP contribution >= 0.6 is 0 Å². The first kappa shape index (κ1) is 18.9. The maximum absolute atomic E-state index is 10.0. The molecule has 136 valence electrons. The summed E-state index contributed by atoms with van der Waals surface area (Å²) in [7, 11) is 0. The predicted molar refractivity (Wildman–Crippen MR) is 76.5 cm³/mol. The van der Waals surface area contributed by atoms with Crippen LogP contribution < -0.4 is 22.9 Å². The molecule has 2 aliphatic rings. The molecule has 0 saturated carbocycles. The van der Waals surface area contributed by atoms with E-state index in [1.54, 1.807) is 0 Å². The highest BCUT2D eigenvalue weighted by molar-refractivity contribution is 4.96. The summed E-state index contributed by atoms with van der Waals surface area (Å²) < 4.78 is 16.0. The lowest BCUT2D eigenvalue weighted by molar-refractivity contribution is -0.273. The van der Waals surface area contributed by atoms with Crippen LogP contribution in [-0.2, 0) is 14.2 Å². The molecule has 11 heteroatoms. The van der Waals surface area contributed by atoms with Crippen LogP contribution in [0.4, 0.5) is 0 Å². The lowest BCUT2D eigenvalue weighted by Crippen LogP contribution is -2.67. The molecule has 10 atom stereocenters. The molecular weight excluding hydrogens is 312 g/mol. The summed E-state index contributed by atoms with van der Waals surface area (Å²) in [5, 5.41) is 38.6. The van der Waals surface area contributed by atoms with Crippen LogP contribution in [0, 0.1) is 0 Å². The zero-order valence-electron chi connectivity index (χ0n) is 12.5. The number of ether oxygens (including phenoxy) is 3. The summed E-state index contributed by atoms with van der Waals surface area (Å²) in [6, 6.07) is -3.52. The van der Waals surface area contributed by atoms with Crippen molar-refractivity contribution in [3.8, 4) is 0 Å². The van der Waals surface area contributed by atoms with Gasteiger partial charge in [0, 0.05) is 0 Å². The highest BCUT2D eigenvalue weighted by Crippen LogP contribution is 2.22. The first-order chi connectivity index (χ1) is 10.8. The molecule has 11 nitrogen and oxygen atoms in total. The number of rotatable bonds is 4. The summed E-state index contributed by atoms with van der Waals surface area (Å²) in [6.45, 7) is -0.652. The zero-order valence-corrected chi connectivity index (χ0v) is 12.5. The minimum atomic E-state index is -1.34. The molecule has 0 aromatic heterocycles. The van der Waals surface area contributed by atoms with Gasteiger partial charge in [-0.1, -0.05) is 0 Å². The summed E-state index contributed by atoms with van der Waals surface area (Å²) in [4.78, 5) is 0. The number of hydrogen-bond acceptors (Lipinski definition) is 11. The molecule has 23 heavy (non-hydrogen) atoms. The van der Waals surface area contributed by atoms with Gasteiger partial charge in [0.05, 0.1) is 49.6 Å². The largest absolute Gasteiger partial charge is 0.394 e. The lowest BCUT2D eigenvalue weighted by atomic mass is 9.95. The summed E-state index contributed by atoms with van der Waals surface area (Å²) in [5.74, 6) is 0. The first-order valence-electron chi connectivity index (χ1n) is 7.37. The van der Waals surface area contributed by atoms with E-state index in [2.05, 4.69) is 0 Å². The molecule has 0 aromatic rings. The third-order valence-corrected chi connectivity index (χ3v) is 4.31. The Kier molecular flexibility index (Phi) is 6.27. The van der Waals surface area contributed by atoms with Crippen LogP contribution in [0.2, 0.25) is 0 Å². The van der Waals surface area contributed by atoms with E-state index < -0.39 is 67.8 Å². The molecule has 0 amide bonds. The molecule has 2 aliphatic heterocycles. The van der Waals surface area contributed by atoms with Gasteiger partial charge in [-0.3, -0.25) is 0 Å². The van der Waals surface area contributed by atoms with E-state index in [9.17, 15) is 20.4 Å². The van der Waals surface area contributed by atoms with Crippen LogP contribution in [0.1, 0.15) is 0 Å². The lowest BCUT2D eigenvalue weighted by Gasteiger charge is -2.43. The molecule has 0 spiro atoms. The molecule has 2 heterocycles. The van der Waals surface area contributed by atoms with Crippen molar-refractivity contribution in [1.29, 1.82) is 0 Å². The van der Waals surface area contributed by atoms with E-state index in [1.165, 1.54) is 0 Å². The zero-order chi connectivity index (χ0) is 17.3. The Morgan fingerprint density at radius 2 is 1.35 bits per heavy atom. The van der Waals surface area contributed by atoms with Gasteiger partial charge in [0.15, 0.2) is 12.6 Å². The molecule has 2 fully saturated rings. The topological polar surface area (TPSA) is 213 Å². The van der Waals surface area contributed by atoms with E-state index in [-0.39, 0.29) is 6.61 Å². The van der Waals surface area contributed by atoms with Crippen LogP contribution in [0.3, 0.4) is 0 Å². The third kappa shape index (κ3) is 3.81. The summed E-state index contributed by atoms with van der Waals surface area (Å²) >= 11 is 0. The third-order valence-electron chi connectivity index (χ3n) is 4.31. The fourth-order valence-electron chi connectivity index (χ4n) is 2.65. The summed E-state index contributed by atoms with van der Waals surface area (Å²) in [5.41, 5.74) is 22.9. The Hall–Kier alpha value is -0.440. The standard InChI is InChI=1S/C12H26N4O7/c13-5-7(15)11(20)22-4(10(5)19)2-21-12-8(16)6(14)9(18)3(1-17)23-12/h3-12,17-20H,1-2,13-16H2/t3-,4-,5-,6-,7-,8-,9-,10-,11?,12-/m1/s1. The molecule has 12 N–H and O–H groups in total. The molecule has 0 aliphatic carbocycles. The monoisotopic (exact) mass is 338 g/mol. The van der Waals surface area contributed by atoms with Gasteiger partial charge >= 0.3 is 0 Å². The average molecular weight is 338 g/mol. The van der Waals surface area contributed by atoms with Gasteiger partial charge in [0.25, 0.3) is 0 Å². The second-order valence-corrected chi connectivity index (χ2v) is 5.91. The van der Waals surface area contributed by atoms with Gasteiger partial charge in [-0.25, -0.2) is 0 Å². The Morgan fingerprint density at radius 3 is 1.96 bits per heavy atom. The SMILES string of the molecule is N[C@@H]1[C@@H](N)[C@H](OC[C@H]2OC(O)[C@H](N)[C@@H](N)[C@@H]2O)O[C@H](CO)[C@H]1O. The Morgan fingerprint density at radius 1 is 0.783 bits per heavy atom. The predicted octanol–water partition coefficient (Wildman–Crippen LogP) is -5.53. The van der Waals surface area contributed by atoms with Crippen molar-refractivity contribution in [2.24, 2.45) is 22.9 Å². The van der Waals surface area contributed by atoms with Gasteiger partial charge in [-0.2, -0.15) is 0 Å². The summed E-state index contributed by atoms with van der Waals surface area (Å²) in [6.07, 6.45) is -6.51. The Balaban J connectivity index is 1.94.